The second-order valence-corrected chi connectivity index (χ2v) is 11.2. The average molecular weight is 593 g/mol. The molecule has 8 aromatic rings. The zero-order valence-electron chi connectivity index (χ0n) is 24.0. The maximum Gasteiger partial charge on any atom is 0.193 e. The molecule has 0 aliphatic carbocycles. The van der Waals surface area contributed by atoms with Crippen molar-refractivity contribution < 1.29 is 22.9 Å². The smallest absolute Gasteiger partial charge is 0.193 e. The Kier molecular flexibility index (Phi) is 6.21. The predicted molar refractivity (Wildman–Crippen MR) is 178 cm³/mol. The molecular formula is C38H25O5P. The van der Waals surface area contributed by atoms with Crippen LogP contribution in [-0.4, -0.2) is 14.2 Å². The van der Waals surface area contributed by atoms with E-state index in [1.165, 1.54) is 0 Å². The summed E-state index contributed by atoms with van der Waals surface area (Å²) in [5, 5.41) is 4.51. The highest BCUT2D eigenvalue weighted by atomic mass is 31.1. The van der Waals surface area contributed by atoms with Crippen LogP contribution < -0.4 is 14.8 Å². The fourth-order valence-electron chi connectivity index (χ4n) is 6.39. The standard InChI is InChI=1S/C38H25O5P/c1-40-32-15-7-11-23(22-17-19-31-28(21-22)24-9-3-5-13-29(24)42-31)35(32)36-25(12-8-16-33(36)41-2)26-18-20-34-37(38(26)44-39)27-10-4-6-14-30(27)43-34/h3-21H,1-2H3. The Bertz CT molecular complexity index is 2400. The van der Waals surface area contributed by atoms with Crippen LogP contribution in [0.5, 0.6) is 11.5 Å². The Balaban J connectivity index is 1.43. The minimum atomic E-state index is -0.112. The van der Waals surface area contributed by atoms with Gasteiger partial charge in [-0.1, -0.05) is 66.7 Å². The van der Waals surface area contributed by atoms with Gasteiger partial charge in [-0.3, -0.25) is 4.57 Å². The van der Waals surface area contributed by atoms with E-state index in [1.54, 1.807) is 14.2 Å². The molecule has 0 aliphatic rings. The summed E-state index contributed by atoms with van der Waals surface area (Å²) in [4.78, 5) is 0. The number of furan rings is 2. The molecule has 212 valence electrons. The third-order valence-corrected chi connectivity index (χ3v) is 8.97. The van der Waals surface area contributed by atoms with E-state index in [4.69, 9.17) is 18.3 Å². The molecule has 0 bridgehead atoms. The fraction of sp³-hybridized carbons (Fsp3) is 0.0526. The van der Waals surface area contributed by atoms with Gasteiger partial charge in [0.15, 0.2) is 8.46 Å². The number of rotatable bonds is 6. The molecule has 5 nitrogen and oxygen atoms in total. The van der Waals surface area contributed by atoms with E-state index in [9.17, 15) is 4.57 Å². The van der Waals surface area contributed by atoms with E-state index in [-0.39, 0.29) is 8.46 Å². The van der Waals surface area contributed by atoms with Crippen LogP contribution in [0.15, 0.2) is 124 Å². The predicted octanol–water partition coefficient (Wildman–Crippen LogP) is 10.4. The largest absolute Gasteiger partial charge is 0.496 e. The summed E-state index contributed by atoms with van der Waals surface area (Å²) in [6.07, 6.45) is 0. The third-order valence-electron chi connectivity index (χ3n) is 8.33. The summed E-state index contributed by atoms with van der Waals surface area (Å²) < 4.78 is 37.2. The van der Waals surface area contributed by atoms with E-state index in [0.717, 1.165) is 71.7 Å². The first-order valence-corrected chi connectivity index (χ1v) is 15.1. The third kappa shape index (κ3) is 3.94. The van der Waals surface area contributed by atoms with Crippen LogP contribution in [0, 0.1) is 0 Å². The van der Waals surface area contributed by atoms with Crippen LogP contribution >= 0.6 is 8.46 Å². The number of para-hydroxylation sites is 2. The van der Waals surface area contributed by atoms with E-state index in [0.29, 0.717) is 22.4 Å². The van der Waals surface area contributed by atoms with Gasteiger partial charge in [0, 0.05) is 32.7 Å². The number of hydrogen-bond donors (Lipinski definition) is 0. The van der Waals surface area contributed by atoms with Crippen LogP contribution in [0.1, 0.15) is 0 Å². The lowest BCUT2D eigenvalue weighted by Crippen LogP contribution is -2.03. The van der Waals surface area contributed by atoms with E-state index >= 15 is 0 Å². The van der Waals surface area contributed by atoms with Crippen LogP contribution in [-0.2, 0) is 4.57 Å². The van der Waals surface area contributed by atoms with Crippen molar-refractivity contribution in [3.05, 3.63) is 115 Å². The molecule has 2 aromatic heterocycles. The number of methoxy groups -OCH3 is 2. The summed E-state index contributed by atoms with van der Waals surface area (Å²) in [6, 6.07) is 38.1. The minimum Gasteiger partial charge on any atom is -0.496 e. The Morgan fingerprint density at radius 3 is 1.84 bits per heavy atom. The van der Waals surface area contributed by atoms with Gasteiger partial charge < -0.3 is 18.3 Å². The molecule has 0 N–H and O–H groups in total. The maximum atomic E-state index is 13.0. The zero-order valence-corrected chi connectivity index (χ0v) is 24.9. The Morgan fingerprint density at radius 2 is 1.11 bits per heavy atom. The highest BCUT2D eigenvalue weighted by Crippen LogP contribution is 2.49. The molecule has 2 heterocycles. The van der Waals surface area contributed by atoms with Crippen LogP contribution in [0.25, 0.3) is 77.3 Å². The molecule has 6 aromatic carbocycles. The Hall–Kier alpha value is -5.38. The monoisotopic (exact) mass is 592 g/mol. The lowest BCUT2D eigenvalue weighted by atomic mass is 9.87. The van der Waals surface area contributed by atoms with Gasteiger partial charge in [-0.2, -0.15) is 0 Å². The maximum absolute atomic E-state index is 13.0. The molecule has 0 aliphatic heterocycles. The van der Waals surface area contributed by atoms with Crippen molar-refractivity contribution in [1.82, 2.24) is 0 Å². The van der Waals surface area contributed by atoms with Crippen molar-refractivity contribution in [2.45, 2.75) is 0 Å². The summed E-state index contributed by atoms with van der Waals surface area (Å²) in [7, 11) is 3.23. The summed E-state index contributed by atoms with van der Waals surface area (Å²) >= 11 is 0. The van der Waals surface area contributed by atoms with Crippen LogP contribution in [0.2, 0.25) is 0 Å². The second kappa shape index (κ2) is 10.4. The zero-order chi connectivity index (χ0) is 29.8. The minimum absolute atomic E-state index is 0.112. The first-order chi connectivity index (χ1) is 21.7. The molecule has 0 fully saturated rings. The van der Waals surface area contributed by atoms with E-state index < -0.39 is 0 Å². The van der Waals surface area contributed by atoms with Crippen LogP contribution in [0.4, 0.5) is 0 Å². The topological polar surface area (TPSA) is 61.8 Å². The molecule has 0 spiro atoms. The number of fused-ring (bicyclic) bond motifs is 6. The fourth-order valence-corrected chi connectivity index (χ4v) is 7.00. The molecule has 0 saturated heterocycles. The highest BCUT2D eigenvalue weighted by molar-refractivity contribution is 7.35. The summed E-state index contributed by atoms with van der Waals surface area (Å²) in [5.41, 5.74) is 8.52. The normalized spacial score (nSPS) is 11.7. The van der Waals surface area contributed by atoms with Gasteiger partial charge in [-0.05, 0) is 70.8 Å². The van der Waals surface area contributed by atoms with Crippen molar-refractivity contribution in [2.75, 3.05) is 14.2 Å². The number of benzene rings is 6. The Labute approximate surface area is 254 Å². The summed E-state index contributed by atoms with van der Waals surface area (Å²) in [5.74, 6) is 1.37. The molecule has 0 amide bonds. The molecule has 6 heteroatoms. The summed E-state index contributed by atoms with van der Waals surface area (Å²) in [6.45, 7) is 0. The molecule has 0 atom stereocenters. The van der Waals surface area contributed by atoms with Gasteiger partial charge in [0.2, 0.25) is 0 Å². The lowest BCUT2D eigenvalue weighted by molar-refractivity contribution is 0.410. The second-order valence-electron chi connectivity index (χ2n) is 10.6. The van der Waals surface area contributed by atoms with Gasteiger partial charge >= 0.3 is 0 Å². The molecule has 8 rings (SSSR count). The van der Waals surface area contributed by atoms with Crippen molar-refractivity contribution in [2.24, 2.45) is 0 Å². The molecule has 0 unspecified atom stereocenters. The first kappa shape index (κ1) is 26.3. The van der Waals surface area contributed by atoms with Gasteiger partial charge in [0.1, 0.15) is 33.8 Å². The quantitative estimate of drug-likeness (QED) is 0.180. The van der Waals surface area contributed by atoms with Crippen molar-refractivity contribution >= 4 is 57.6 Å². The van der Waals surface area contributed by atoms with Gasteiger partial charge in [0.25, 0.3) is 0 Å². The van der Waals surface area contributed by atoms with Crippen molar-refractivity contribution in [3.63, 3.8) is 0 Å². The first-order valence-electron chi connectivity index (χ1n) is 14.2. The number of ether oxygens (including phenoxy) is 2. The Morgan fingerprint density at radius 1 is 0.523 bits per heavy atom. The van der Waals surface area contributed by atoms with Crippen molar-refractivity contribution in [3.8, 4) is 44.9 Å². The number of hydrogen-bond acceptors (Lipinski definition) is 5. The van der Waals surface area contributed by atoms with Crippen LogP contribution in [0.3, 0.4) is 0 Å². The van der Waals surface area contributed by atoms with E-state index in [1.807, 2.05) is 91.0 Å². The van der Waals surface area contributed by atoms with Crippen molar-refractivity contribution in [1.29, 1.82) is 0 Å². The van der Waals surface area contributed by atoms with Gasteiger partial charge in [-0.15, -0.1) is 0 Å². The molecule has 0 saturated carbocycles. The SMILES string of the molecule is COc1cccc(-c2ccc3oc4ccccc4c3c2)c1-c1c(OC)cccc1-c1ccc2oc3ccccc3c2c1P=O. The average Bonchev–Trinajstić information content (AvgIpc) is 3.65. The highest BCUT2D eigenvalue weighted by Gasteiger charge is 2.25. The van der Waals surface area contributed by atoms with E-state index in [2.05, 4.69) is 24.3 Å². The van der Waals surface area contributed by atoms with Gasteiger partial charge in [0.05, 0.1) is 19.5 Å². The molecular weight excluding hydrogens is 567 g/mol. The molecule has 44 heavy (non-hydrogen) atoms. The molecule has 0 radical (unpaired) electrons. The lowest BCUT2D eigenvalue weighted by Gasteiger charge is -2.21. The van der Waals surface area contributed by atoms with Gasteiger partial charge in [-0.25, -0.2) is 0 Å².